The molecule has 2 unspecified atom stereocenters. The zero-order valence-corrected chi connectivity index (χ0v) is 9.46. The van der Waals surface area contributed by atoms with Gasteiger partial charge < -0.3 is 10.0 Å². The standard InChI is InChI=1S/C9H16BrNO2/c1-7(3-2-6-12)11-5-4-8(10)9(11)13/h7-8,12H,2-6H2,1H3. The van der Waals surface area contributed by atoms with Crippen molar-refractivity contribution >= 4 is 21.8 Å². The largest absolute Gasteiger partial charge is 0.396 e. The molecule has 1 amide bonds. The maximum atomic E-state index is 11.5. The van der Waals surface area contributed by atoms with E-state index in [1.165, 1.54) is 0 Å². The molecule has 2 atom stereocenters. The van der Waals surface area contributed by atoms with Gasteiger partial charge in [-0.1, -0.05) is 15.9 Å². The Kier molecular flexibility index (Phi) is 4.19. The van der Waals surface area contributed by atoms with E-state index in [-0.39, 0.29) is 23.4 Å². The fourth-order valence-electron chi connectivity index (χ4n) is 1.65. The Morgan fingerprint density at radius 2 is 2.46 bits per heavy atom. The van der Waals surface area contributed by atoms with Gasteiger partial charge in [0.15, 0.2) is 0 Å². The number of alkyl halides is 1. The number of rotatable bonds is 4. The predicted molar refractivity (Wildman–Crippen MR) is 54.8 cm³/mol. The lowest BCUT2D eigenvalue weighted by Crippen LogP contribution is -2.35. The molecule has 4 heteroatoms. The molecule has 0 saturated carbocycles. The second-order valence-electron chi connectivity index (χ2n) is 3.50. The van der Waals surface area contributed by atoms with Crippen molar-refractivity contribution in [2.45, 2.75) is 37.1 Å². The second kappa shape index (κ2) is 4.96. The first-order valence-corrected chi connectivity index (χ1v) is 5.63. The summed E-state index contributed by atoms with van der Waals surface area (Å²) in [6.45, 7) is 3.10. The van der Waals surface area contributed by atoms with E-state index in [1.807, 2.05) is 11.8 Å². The molecule has 1 aliphatic heterocycles. The number of hydrogen-bond acceptors (Lipinski definition) is 2. The molecule has 0 aromatic heterocycles. The Hall–Kier alpha value is -0.0900. The zero-order valence-electron chi connectivity index (χ0n) is 7.87. The van der Waals surface area contributed by atoms with Crippen LogP contribution in [0.2, 0.25) is 0 Å². The molecule has 1 heterocycles. The number of aliphatic hydroxyl groups excluding tert-OH is 1. The molecule has 1 fully saturated rings. The van der Waals surface area contributed by atoms with Gasteiger partial charge >= 0.3 is 0 Å². The van der Waals surface area contributed by atoms with Crippen molar-refractivity contribution in [3.8, 4) is 0 Å². The van der Waals surface area contributed by atoms with Crippen molar-refractivity contribution in [1.29, 1.82) is 0 Å². The van der Waals surface area contributed by atoms with Crippen LogP contribution in [0.4, 0.5) is 0 Å². The van der Waals surface area contributed by atoms with E-state index >= 15 is 0 Å². The molecule has 0 aliphatic carbocycles. The number of carbonyl (C=O) groups excluding carboxylic acids is 1. The Morgan fingerprint density at radius 1 is 1.77 bits per heavy atom. The number of nitrogens with zero attached hydrogens (tertiary/aromatic N) is 1. The van der Waals surface area contributed by atoms with Crippen LogP contribution in [0.15, 0.2) is 0 Å². The third-order valence-electron chi connectivity index (χ3n) is 2.49. The molecule has 13 heavy (non-hydrogen) atoms. The topological polar surface area (TPSA) is 40.5 Å². The number of hydrogen-bond donors (Lipinski definition) is 1. The van der Waals surface area contributed by atoms with Gasteiger partial charge in [-0.05, 0) is 26.2 Å². The van der Waals surface area contributed by atoms with Crippen molar-refractivity contribution in [1.82, 2.24) is 4.90 Å². The highest BCUT2D eigenvalue weighted by atomic mass is 79.9. The molecule has 0 aromatic rings. The first-order chi connectivity index (χ1) is 6.16. The third kappa shape index (κ3) is 2.68. The van der Waals surface area contributed by atoms with Gasteiger partial charge in [0, 0.05) is 19.2 Å². The van der Waals surface area contributed by atoms with Gasteiger partial charge in [0.25, 0.3) is 0 Å². The van der Waals surface area contributed by atoms with E-state index < -0.39 is 0 Å². The SMILES string of the molecule is CC(CCCO)N1CCC(Br)C1=O. The van der Waals surface area contributed by atoms with Gasteiger partial charge in [-0.3, -0.25) is 4.79 Å². The zero-order chi connectivity index (χ0) is 9.84. The summed E-state index contributed by atoms with van der Waals surface area (Å²) in [5, 5.41) is 8.66. The van der Waals surface area contributed by atoms with Crippen LogP contribution >= 0.6 is 15.9 Å². The van der Waals surface area contributed by atoms with Gasteiger partial charge in [0.2, 0.25) is 5.91 Å². The minimum absolute atomic E-state index is 0.0177. The van der Waals surface area contributed by atoms with Gasteiger partial charge in [-0.2, -0.15) is 0 Å². The average Bonchev–Trinajstić information content (AvgIpc) is 2.44. The van der Waals surface area contributed by atoms with Crippen molar-refractivity contribution in [3.05, 3.63) is 0 Å². The molecule has 76 valence electrons. The summed E-state index contributed by atoms with van der Waals surface area (Å²) in [7, 11) is 0. The number of halogens is 1. The molecule has 0 radical (unpaired) electrons. The van der Waals surface area contributed by atoms with Crippen molar-refractivity contribution < 1.29 is 9.90 Å². The van der Waals surface area contributed by atoms with Crippen LogP contribution in [0.25, 0.3) is 0 Å². The molecular formula is C9H16BrNO2. The number of aliphatic hydroxyl groups is 1. The van der Waals surface area contributed by atoms with Crippen LogP contribution in [-0.4, -0.2) is 39.9 Å². The van der Waals surface area contributed by atoms with Crippen LogP contribution in [-0.2, 0) is 4.79 Å². The minimum atomic E-state index is 0.0177. The monoisotopic (exact) mass is 249 g/mol. The Balaban J connectivity index is 2.39. The number of carbonyl (C=O) groups is 1. The Morgan fingerprint density at radius 3 is 2.92 bits per heavy atom. The van der Waals surface area contributed by atoms with E-state index in [4.69, 9.17) is 5.11 Å². The van der Waals surface area contributed by atoms with Crippen LogP contribution < -0.4 is 0 Å². The molecule has 3 nitrogen and oxygen atoms in total. The summed E-state index contributed by atoms with van der Waals surface area (Å²) in [4.78, 5) is 13.4. The van der Waals surface area contributed by atoms with E-state index in [9.17, 15) is 4.79 Å². The van der Waals surface area contributed by atoms with E-state index in [1.54, 1.807) is 0 Å². The molecule has 1 rings (SSSR count). The normalized spacial score (nSPS) is 25.3. The lowest BCUT2D eigenvalue weighted by molar-refractivity contribution is -0.129. The smallest absolute Gasteiger partial charge is 0.236 e. The van der Waals surface area contributed by atoms with Crippen molar-refractivity contribution in [2.24, 2.45) is 0 Å². The van der Waals surface area contributed by atoms with Crippen molar-refractivity contribution in [2.75, 3.05) is 13.2 Å². The van der Waals surface area contributed by atoms with E-state index in [2.05, 4.69) is 15.9 Å². The molecule has 0 aromatic carbocycles. The number of likely N-dealkylation sites (tertiary alicyclic amines) is 1. The quantitative estimate of drug-likeness (QED) is 0.760. The summed E-state index contributed by atoms with van der Waals surface area (Å²) in [5.74, 6) is 0.199. The predicted octanol–water partition coefficient (Wildman–Crippen LogP) is 1.14. The molecular weight excluding hydrogens is 234 g/mol. The highest BCUT2D eigenvalue weighted by Gasteiger charge is 2.31. The van der Waals surface area contributed by atoms with E-state index in [0.29, 0.717) is 0 Å². The summed E-state index contributed by atoms with van der Waals surface area (Å²) < 4.78 is 0. The molecule has 1 aliphatic rings. The molecule has 1 N–H and O–H groups in total. The summed E-state index contributed by atoms with van der Waals surface area (Å²) in [5.41, 5.74) is 0. The average molecular weight is 250 g/mol. The van der Waals surface area contributed by atoms with Gasteiger partial charge in [-0.25, -0.2) is 0 Å². The summed E-state index contributed by atoms with van der Waals surface area (Å²) in [6, 6.07) is 0.266. The lowest BCUT2D eigenvalue weighted by atomic mass is 10.1. The minimum Gasteiger partial charge on any atom is -0.396 e. The summed E-state index contributed by atoms with van der Waals surface area (Å²) >= 11 is 3.34. The molecule has 0 spiro atoms. The van der Waals surface area contributed by atoms with Crippen LogP contribution in [0.5, 0.6) is 0 Å². The second-order valence-corrected chi connectivity index (χ2v) is 4.61. The Bertz CT molecular complexity index is 186. The lowest BCUT2D eigenvalue weighted by Gasteiger charge is -2.24. The maximum absolute atomic E-state index is 11.5. The molecule has 1 saturated heterocycles. The highest BCUT2D eigenvalue weighted by Crippen LogP contribution is 2.22. The van der Waals surface area contributed by atoms with Crippen LogP contribution in [0.3, 0.4) is 0 Å². The first kappa shape index (κ1) is 11.0. The first-order valence-electron chi connectivity index (χ1n) is 4.72. The summed E-state index contributed by atoms with van der Waals surface area (Å²) in [6.07, 6.45) is 2.57. The van der Waals surface area contributed by atoms with Crippen molar-refractivity contribution in [3.63, 3.8) is 0 Å². The van der Waals surface area contributed by atoms with Crippen LogP contribution in [0.1, 0.15) is 26.2 Å². The van der Waals surface area contributed by atoms with Gasteiger partial charge in [0.1, 0.15) is 0 Å². The third-order valence-corrected chi connectivity index (χ3v) is 3.34. The molecule has 0 bridgehead atoms. The Labute approximate surface area is 87.2 Å². The maximum Gasteiger partial charge on any atom is 0.236 e. The van der Waals surface area contributed by atoms with Gasteiger partial charge in [0.05, 0.1) is 4.83 Å². The highest BCUT2D eigenvalue weighted by molar-refractivity contribution is 9.10. The van der Waals surface area contributed by atoms with Crippen LogP contribution in [0, 0.1) is 0 Å². The van der Waals surface area contributed by atoms with Gasteiger partial charge in [-0.15, -0.1) is 0 Å². The van der Waals surface area contributed by atoms with E-state index in [0.717, 1.165) is 25.8 Å². The fraction of sp³-hybridized carbons (Fsp3) is 0.889. The fourth-order valence-corrected chi connectivity index (χ4v) is 2.11. The number of amides is 1.